The number of carboxylic acid groups (broad SMARTS) is 1. The molecule has 0 unspecified atom stereocenters. The molecule has 1 aliphatic carbocycles. The molecule has 0 aromatic carbocycles. The van der Waals surface area contributed by atoms with Gasteiger partial charge in [-0.2, -0.15) is 0 Å². The number of aromatic nitrogens is 1. The molecule has 5 heteroatoms. The molecule has 1 aromatic heterocycles. The highest BCUT2D eigenvalue weighted by Gasteiger charge is 2.26. The van der Waals surface area contributed by atoms with Crippen LogP contribution in [0.25, 0.3) is 0 Å². The Morgan fingerprint density at radius 2 is 2.10 bits per heavy atom. The molecule has 1 saturated carbocycles. The molecule has 5 nitrogen and oxygen atoms in total. The predicted octanol–water partition coefficient (Wildman–Crippen LogP) is 2.19. The van der Waals surface area contributed by atoms with Crippen molar-refractivity contribution in [3.63, 3.8) is 0 Å². The Balaban J connectivity index is 2.23. The van der Waals surface area contributed by atoms with Crippen LogP contribution in [0.1, 0.15) is 53.0 Å². The van der Waals surface area contributed by atoms with Crippen LogP contribution in [0.2, 0.25) is 0 Å². The van der Waals surface area contributed by atoms with Crippen LogP contribution in [0.5, 0.6) is 0 Å². The van der Waals surface area contributed by atoms with E-state index < -0.39 is 5.97 Å². The zero-order valence-corrected chi connectivity index (χ0v) is 11.8. The summed E-state index contributed by atoms with van der Waals surface area (Å²) >= 11 is 0. The Labute approximate surface area is 124 Å². The molecular formula is C16H18N2O3. The van der Waals surface area contributed by atoms with E-state index in [1.807, 2.05) is 0 Å². The number of hydrogen-bond donors (Lipinski definition) is 1. The molecule has 1 fully saturated rings. The van der Waals surface area contributed by atoms with E-state index in [2.05, 4.69) is 10.9 Å². The summed E-state index contributed by atoms with van der Waals surface area (Å²) in [6, 6.07) is 2.97. The van der Waals surface area contributed by atoms with Crippen molar-refractivity contribution in [2.45, 2.75) is 38.1 Å². The molecule has 1 N–H and O–H groups in total. The van der Waals surface area contributed by atoms with Gasteiger partial charge in [0.2, 0.25) is 0 Å². The van der Waals surface area contributed by atoms with Crippen molar-refractivity contribution >= 4 is 11.9 Å². The predicted molar refractivity (Wildman–Crippen MR) is 77.9 cm³/mol. The van der Waals surface area contributed by atoms with E-state index in [0.29, 0.717) is 5.56 Å². The molecule has 0 aliphatic heterocycles. The molecule has 0 bridgehead atoms. The van der Waals surface area contributed by atoms with Gasteiger partial charge >= 0.3 is 5.97 Å². The van der Waals surface area contributed by atoms with Gasteiger partial charge in [0.25, 0.3) is 5.91 Å². The lowest BCUT2D eigenvalue weighted by Crippen LogP contribution is -2.41. The van der Waals surface area contributed by atoms with Crippen LogP contribution in [-0.2, 0) is 0 Å². The van der Waals surface area contributed by atoms with Gasteiger partial charge in [0.1, 0.15) is 5.69 Å². The van der Waals surface area contributed by atoms with Crippen LogP contribution in [0.4, 0.5) is 0 Å². The summed E-state index contributed by atoms with van der Waals surface area (Å²) in [4.78, 5) is 29.0. The molecule has 1 heterocycles. The van der Waals surface area contributed by atoms with Gasteiger partial charge in [0.05, 0.1) is 6.54 Å². The van der Waals surface area contributed by atoms with Crippen molar-refractivity contribution in [3.8, 4) is 12.3 Å². The molecule has 0 saturated heterocycles. The van der Waals surface area contributed by atoms with Crippen molar-refractivity contribution in [2.24, 2.45) is 0 Å². The SMILES string of the molecule is C#CCN(C(=O)c1ccnc(C(=O)O)c1)C1CCCCC1. The van der Waals surface area contributed by atoms with Gasteiger partial charge < -0.3 is 10.0 Å². The second-order valence-electron chi connectivity index (χ2n) is 5.16. The number of carbonyl (C=O) groups is 2. The van der Waals surface area contributed by atoms with Crippen molar-refractivity contribution in [1.29, 1.82) is 0 Å². The first-order valence-electron chi connectivity index (χ1n) is 7.07. The lowest BCUT2D eigenvalue weighted by atomic mass is 9.93. The molecule has 0 spiro atoms. The summed E-state index contributed by atoms with van der Waals surface area (Å²) in [7, 11) is 0. The first-order valence-corrected chi connectivity index (χ1v) is 7.07. The maximum atomic E-state index is 12.6. The molecule has 110 valence electrons. The fourth-order valence-electron chi connectivity index (χ4n) is 2.70. The molecular weight excluding hydrogens is 268 g/mol. The molecule has 2 rings (SSSR count). The quantitative estimate of drug-likeness (QED) is 0.861. The van der Waals surface area contributed by atoms with E-state index in [1.54, 1.807) is 4.90 Å². The topological polar surface area (TPSA) is 70.5 Å². The first kappa shape index (κ1) is 15.0. The third kappa shape index (κ3) is 3.60. The average molecular weight is 286 g/mol. The number of aromatic carboxylic acids is 1. The van der Waals surface area contributed by atoms with E-state index in [1.165, 1.54) is 24.8 Å². The third-order valence-electron chi connectivity index (χ3n) is 3.76. The van der Waals surface area contributed by atoms with Crippen molar-refractivity contribution < 1.29 is 14.7 Å². The first-order chi connectivity index (χ1) is 10.1. The van der Waals surface area contributed by atoms with Crippen LogP contribution >= 0.6 is 0 Å². The number of terminal acetylenes is 1. The Hall–Kier alpha value is -2.35. The van der Waals surface area contributed by atoms with Crippen LogP contribution in [0, 0.1) is 12.3 Å². The van der Waals surface area contributed by atoms with Crippen molar-refractivity contribution in [3.05, 3.63) is 29.6 Å². The lowest BCUT2D eigenvalue weighted by Gasteiger charge is -2.33. The number of rotatable bonds is 4. The summed E-state index contributed by atoms with van der Waals surface area (Å²) in [6.45, 7) is 0.244. The van der Waals surface area contributed by atoms with E-state index in [9.17, 15) is 9.59 Å². The van der Waals surface area contributed by atoms with Gasteiger partial charge in [0.15, 0.2) is 0 Å². The van der Waals surface area contributed by atoms with Crippen molar-refractivity contribution in [2.75, 3.05) is 6.54 Å². The highest BCUT2D eigenvalue weighted by Crippen LogP contribution is 2.24. The van der Waals surface area contributed by atoms with E-state index in [-0.39, 0.29) is 24.2 Å². The number of hydrogen-bond acceptors (Lipinski definition) is 3. The van der Waals surface area contributed by atoms with Gasteiger partial charge in [-0.25, -0.2) is 9.78 Å². The van der Waals surface area contributed by atoms with Crippen LogP contribution in [0.3, 0.4) is 0 Å². The Morgan fingerprint density at radius 1 is 1.38 bits per heavy atom. The second kappa shape index (κ2) is 6.89. The number of carboxylic acids is 1. The normalized spacial score (nSPS) is 15.2. The van der Waals surface area contributed by atoms with E-state index in [4.69, 9.17) is 11.5 Å². The number of amides is 1. The fourth-order valence-corrected chi connectivity index (χ4v) is 2.70. The van der Waals surface area contributed by atoms with Crippen LogP contribution in [-0.4, -0.2) is 39.5 Å². The molecule has 1 aromatic rings. The molecule has 21 heavy (non-hydrogen) atoms. The van der Waals surface area contributed by atoms with Crippen LogP contribution < -0.4 is 0 Å². The number of nitrogens with zero attached hydrogens (tertiary/aromatic N) is 2. The van der Waals surface area contributed by atoms with E-state index >= 15 is 0 Å². The zero-order valence-electron chi connectivity index (χ0n) is 11.8. The average Bonchev–Trinajstić information content (AvgIpc) is 2.53. The molecule has 0 radical (unpaired) electrons. The summed E-state index contributed by atoms with van der Waals surface area (Å²) in [6.07, 6.45) is 12.0. The Morgan fingerprint density at radius 3 is 2.71 bits per heavy atom. The van der Waals surface area contributed by atoms with Crippen molar-refractivity contribution in [1.82, 2.24) is 9.88 Å². The van der Waals surface area contributed by atoms with Gasteiger partial charge in [-0.1, -0.05) is 25.2 Å². The number of pyridine rings is 1. The summed E-state index contributed by atoms with van der Waals surface area (Å²) in [5.41, 5.74) is 0.188. The standard InChI is InChI=1S/C16H18N2O3/c1-2-10-18(13-6-4-3-5-7-13)15(19)12-8-9-17-14(11-12)16(20)21/h1,8-9,11,13H,3-7,10H2,(H,20,21). The van der Waals surface area contributed by atoms with Gasteiger partial charge in [0, 0.05) is 17.8 Å². The molecule has 1 amide bonds. The molecule has 0 atom stereocenters. The monoisotopic (exact) mass is 286 g/mol. The lowest BCUT2D eigenvalue weighted by molar-refractivity contribution is 0.0667. The highest BCUT2D eigenvalue weighted by atomic mass is 16.4. The summed E-state index contributed by atoms with van der Waals surface area (Å²) in [5, 5.41) is 8.96. The third-order valence-corrected chi connectivity index (χ3v) is 3.76. The van der Waals surface area contributed by atoms with Gasteiger partial charge in [-0.05, 0) is 25.0 Å². The summed E-state index contributed by atoms with van der Waals surface area (Å²) in [5.74, 6) is 1.16. The smallest absolute Gasteiger partial charge is 0.354 e. The fraction of sp³-hybridized carbons (Fsp3) is 0.438. The minimum absolute atomic E-state index is 0.134. The second-order valence-corrected chi connectivity index (χ2v) is 5.16. The van der Waals surface area contributed by atoms with Gasteiger partial charge in [-0.3, -0.25) is 4.79 Å². The minimum atomic E-state index is -1.15. The largest absolute Gasteiger partial charge is 0.477 e. The molecule has 1 aliphatic rings. The summed E-state index contributed by atoms with van der Waals surface area (Å²) < 4.78 is 0. The number of carbonyl (C=O) groups excluding carboxylic acids is 1. The minimum Gasteiger partial charge on any atom is -0.477 e. The van der Waals surface area contributed by atoms with Crippen LogP contribution in [0.15, 0.2) is 18.3 Å². The van der Waals surface area contributed by atoms with Gasteiger partial charge in [-0.15, -0.1) is 6.42 Å². The maximum absolute atomic E-state index is 12.6. The zero-order chi connectivity index (χ0) is 15.2. The maximum Gasteiger partial charge on any atom is 0.354 e. The Bertz CT molecular complexity index is 571. The highest BCUT2D eigenvalue weighted by molar-refractivity contribution is 5.97. The Kier molecular flexibility index (Phi) is 4.94. The van der Waals surface area contributed by atoms with E-state index in [0.717, 1.165) is 25.7 Å².